The first-order chi connectivity index (χ1) is 7.73. The SMILES string of the molecule is Cc1ccc(C)c2c1CCC21CNCCO1. The van der Waals surface area contributed by atoms with Crippen molar-refractivity contribution in [1.29, 1.82) is 0 Å². The standard InChI is InChI=1S/C14H19NO/c1-10-3-4-11(2)13-12(10)5-6-14(13)9-15-7-8-16-14/h3-4,15H,5-9H2,1-2H3. The molecule has 1 atom stereocenters. The van der Waals surface area contributed by atoms with Crippen LogP contribution in [0.4, 0.5) is 0 Å². The lowest BCUT2D eigenvalue weighted by Gasteiger charge is -2.36. The minimum Gasteiger partial charge on any atom is -0.368 e. The van der Waals surface area contributed by atoms with Gasteiger partial charge in [0, 0.05) is 13.1 Å². The van der Waals surface area contributed by atoms with Crippen LogP contribution in [0.3, 0.4) is 0 Å². The van der Waals surface area contributed by atoms with Crippen LogP contribution in [0.1, 0.15) is 28.7 Å². The summed E-state index contributed by atoms with van der Waals surface area (Å²) in [5.74, 6) is 0. The van der Waals surface area contributed by atoms with Crippen molar-refractivity contribution < 1.29 is 4.74 Å². The second-order valence-corrected chi connectivity index (χ2v) is 5.07. The van der Waals surface area contributed by atoms with E-state index in [9.17, 15) is 0 Å². The van der Waals surface area contributed by atoms with Crippen molar-refractivity contribution in [3.8, 4) is 0 Å². The fraction of sp³-hybridized carbons (Fsp3) is 0.571. The fourth-order valence-corrected chi connectivity index (χ4v) is 3.26. The molecule has 0 bridgehead atoms. The molecule has 1 aliphatic carbocycles. The average molecular weight is 217 g/mol. The zero-order valence-electron chi connectivity index (χ0n) is 10.1. The molecule has 1 spiro atoms. The van der Waals surface area contributed by atoms with Gasteiger partial charge in [-0.3, -0.25) is 0 Å². The van der Waals surface area contributed by atoms with E-state index in [1.165, 1.54) is 28.7 Å². The molecule has 1 heterocycles. The predicted octanol–water partition coefficient (Wildman–Crippen LogP) is 2.06. The van der Waals surface area contributed by atoms with Crippen molar-refractivity contribution in [2.45, 2.75) is 32.3 Å². The van der Waals surface area contributed by atoms with Gasteiger partial charge in [-0.2, -0.15) is 0 Å². The van der Waals surface area contributed by atoms with Crippen LogP contribution in [0.2, 0.25) is 0 Å². The van der Waals surface area contributed by atoms with Gasteiger partial charge in [-0.15, -0.1) is 0 Å². The van der Waals surface area contributed by atoms with Gasteiger partial charge in [-0.1, -0.05) is 12.1 Å². The quantitative estimate of drug-likeness (QED) is 0.718. The van der Waals surface area contributed by atoms with Gasteiger partial charge in [0.15, 0.2) is 0 Å². The minimum atomic E-state index is -0.0241. The molecule has 3 rings (SSSR count). The molecule has 1 fully saturated rings. The number of morpholine rings is 1. The van der Waals surface area contributed by atoms with E-state index in [4.69, 9.17) is 4.74 Å². The Labute approximate surface area is 97.0 Å². The number of fused-ring (bicyclic) bond motifs is 2. The second-order valence-electron chi connectivity index (χ2n) is 5.07. The van der Waals surface area contributed by atoms with Crippen LogP contribution in [0.25, 0.3) is 0 Å². The number of rotatable bonds is 0. The van der Waals surface area contributed by atoms with E-state index in [2.05, 4.69) is 31.3 Å². The van der Waals surface area contributed by atoms with Gasteiger partial charge in [0.1, 0.15) is 5.60 Å². The molecule has 1 aromatic carbocycles. The lowest BCUT2D eigenvalue weighted by Crippen LogP contribution is -2.46. The Morgan fingerprint density at radius 2 is 2.06 bits per heavy atom. The first-order valence-corrected chi connectivity index (χ1v) is 6.17. The van der Waals surface area contributed by atoms with Crippen molar-refractivity contribution in [1.82, 2.24) is 5.32 Å². The van der Waals surface area contributed by atoms with E-state index in [0.717, 1.165) is 26.1 Å². The van der Waals surface area contributed by atoms with Crippen LogP contribution in [0.5, 0.6) is 0 Å². The summed E-state index contributed by atoms with van der Waals surface area (Å²) in [7, 11) is 0. The van der Waals surface area contributed by atoms with Gasteiger partial charge in [-0.05, 0) is 48.9 Å². The Morgan fingerprint density at radius 3 is 2.81 bits per heavy atom. The highest BCUT2D eigenvalue weighted by Crippen LogP contribution is 2.43. The summed E-state index contributed by atoms with van der Waals surface area (Å²) in [4.78, 5) is 0. The third-order valence-electron chi connectivity index (χ3n) is 4.06. The van der Waals surface area contributed by atoms with Crippen LogP contribution in [0.15, 0.2) is 12.1 Å². The van der Waals surface area contributed by atoms with Gasteiger partial charge >= 0.3 is 0 Å². The Balaban J connectivity index is 2.13. The first kappa shape index (κ1) is 10.3. The van der Waals surface area contributed by atoms with Crippen molar-refractivity contribution in [2.24, 2.45) is 0 Å². The van der Waals surface area contributed by atoms with E-state index in [0.29, 0.717) is 0 Å². The van der Waals surface area contributed by atoms with Crippen LogP contribution < -0.4 is 5.32 Å². The molecule has 2 aliphatic rings. The van der Waals surface area contributed by atoms with Crippen molar-refractivity contribution in [3.05, 3.63) is 34.4 Å². The number of ether oxygens (including phenoxy) is 1. The molecule has 1 aliphatic heterocycles. The summed E-state index contributed by atoms with van der Waals surface area (Å²) in [5, 5.41) is 3.48. The highest BCUT2D eigenvalue weighted by molar-refractivity contribution is 5.47. The normalized spacial score (nSPS) is 28.4. The Hall–Kier alpha value is -0.860. The fourth-order valence-electron chi connectivity index (χ4n) is 3.26. The largest absolute Gasteiger partial charge is 0.368 e. The van der Waals surface area contributed by atoms with Gasteiger partial charge in [0.25, 0.3) is 0 Å². The van der Waals surface area contributed by atoms with E-state index in [-0.39, 0.29) is 5.60 Å². The third kappa shape index (κ3) is 1.33. The molecule has 1 aromatic rings. The van der Waals surface area contributed by atoms with Crippen LogP contribution >= 0.6 is 0 Å². The smallest absolute Gasteiger partial charge is 0.106 e. The molecule has 2 heteroatoms. The maximum absolute atomic E-state index is 6.13. The number of aryl methyl sites for hydroxylation is 2. The van der Waals surface area contributed by atoms with E-state index >= 15 is 0 Å². The molecule has 86 valence electrons. The molecular formula is C14H19NO. The Kier molecular flexibility index (Phi) is 2.30. The monoisotopic (exact) mass is 217 g/mol. The number of hydrogen-bond donors (Lipinski definition) is 1. The molecule has 0 aromatic heterocycles. The molecule has 0 saturated carbocycles. The summed E-state index contributed by atoms with van der Waals surface area (Å²) in [5.41, 5.74) is 5.79. The summed E-state index contributed by atoms with van der Waals surface area (Å²) >= 11 is 0. The number of benzene rings is 1. The van der Waals surface area contributed by atoms with Crippen LogP contribution in [-0.4, -0.2) is 19.7 Å². The maximum Gasteiger partial charge on any atom is 0.106 e. The average Bonchev–Trinajstić information content (AvgIpc) is 2.66. The first-order valence-electron chi connectivity index (χ1n) is 6.17. The van der Waals surface area contributed by atoms with E-state index < -0.39 is 0 Å². The summed E-state index contributed by atoms with van der Waals surface area (Å²) in [6.45, 7) is 7.23. The third-order valence-corrected chi connectivity index (χ3v) is 4.06. The van der Waals surface area contributed by atoms with Crippen LogP contribution in [0, 0.1) is 13.8 Å². The number of nitrogens with one attached hydrogen (secondary N) is 1. The van der Waals surface area contributed by atoms with Crippen molar-refractivity contribution >= 4 is 0 Å². The minimum absolute atomic E-state index is 0.0241. The highest BCUT2D eigenvalue weighted by Gasteiger charge is 2.42. The molecule has 0 amide bonds. The van der Waals surface area contributed by atoms with Gasteiger partial charge in [0.05, 0.1) is 6.61 Å². The predicted molar refractivity (Wildman–Crippen MR) is 64.7 cm³/mol. The molecule has 16 heavy (non-hydrogen) atoms. The summed E-state index contributed by atoms with van der Waals surface area (Å²) < 4.78 is 6.13. The zero-order valence-corrected chi connectivity index (χ0v) is 10.1. The molecule has 1 saturated heterocycles. The maximum atomic E-state index is 6.13. The molecule has 1 unspecified atom stereocenters. The molecule has 0 radical (unpaired) electrons. The Morgan fingerprint density at radius 1 is 1.25 bits per heavy atom. The van der Waals surface area contributed by atoms with E-state index in [1.54, 1.807) is 0 Å². The number of hydrogen-bond acceptors (Lipinski definition) is 2. The Bertz CT molecular complexity index is 419. The topological polar surface area (TPSA) is 21.3 Å². The highest BCUT2D eigenvalue weighted by atomic mass is 16.5. The second kappa shape index (κ2) is 3.57. The van der Waals surface area contributed by atoms with E-state index in [1.807, 2.05) is 0 Å². The lowest BCUT2D eigenvalue weighted by molar-refractivity contribution is -0.0698. The summed E-state index contributed by atoms with van der Waals surface area (Å²) in [6.07, 6.45) is 2.31. The van der Waals surface area contributed by atoms with Crippen LogP contribution in [-0.2, 0) is 16.8 Å². The lowest BCUT2D eigenvalue weighted by atomic mass is 9.89. The van der Waals surface area contributed by atoms with Gasteiger partial charge in [-0.25, -0.2) is 0 Å². The molecule has 1 N–H and O–H groups in total. The van der Waals surface area contributed by atoms with Crippen molar-refractivity contribution in [3.63, 3.8) is 0 Å². The van der Waals surface area contributed by atoms with Crippen molar-refractivity contribution in [2.75, 3.05) is 19.7 Å². The van der Waals surface area contributed by atoms with Gasteiger partial charge in [0.2, 0.25) is 0 Å². The zero-order chi connectivity index (χ0) is 11.2. The molecular weight excluding hydrogens is 198 g/mol. The summed E-state index contributed by atoms with van der Waals surface area (Å²) in [6, 6.07) is 4.47. The molecule has 2 nitrogen and oxygen atoms in total. The van der Waals surface area contributed by atoms with Gasteiger partial charge < -0.3 is 10.1 Å².